The first-order valence-corrected chi connectivity index (χ1v) is 8.01. The highest BCUT2D eigenvalue weighted by Crippen LogP contribution is 2.47. The molecule has 0 aliphatic heterocycles. The molecule has 2 aliphatic carbocycles. The molecule has 0 aromatic carbocycles. The summed E-state index contributed by atoms with van der Waals surface area (Å²) in [5.41, 5.74) is 1.58. The fourth-order valence-corrected chi connectivity index (χ4v) is 2.95. The van der Waals surface area contributed by atoms with Crippen LogP contribution in [0.25, 0.3) is 0 Å². The average molecular weight is 299 g/mol. The van der Waals surface area contributed by atoms with Gasteiger partial charge in [-0.15, -0.1) is 0 Å². The summed E-state index contributed by atoms with van der Waals surface area (Å²) in [6, 6.07) is 5.90. The minimum atomic E-state index is -0.0686. The summed E-state index contributed by atoms with van der Waals surface area (Å²) in [6.07, 6.45) is 3.60. The van der Waals surface area contributed by atoms with Gasteiger partial charge < -0.3 is 9.32 Å². The second-order valence-corrected chi connectivity index (χ2v) is 6.77. The molecule has 1 N–H and O–H groups in total. The van der Waals surface area contributed by atoms with Crippen LogP contribution >= 0.6 is 0 Å². The number of aromatic nitrogens is 2. The Kier molecular flexibility index (Phi) is 3.10. The Balaban J connectivity index is 1.40. The van der Waals surface area contributed by atoms with Crippen LogP contribution in [-0.2, 0) is 6.54 Å². The van der Waals surface area contributed by atoms with Crippen molar-refractivity contribution >= 4 is 5.91 Å². The maximum Gasteiger partial charge on any atom is 0.274 e. The lowest BCUT2D eigenvalue weighted by Gasteiger charge is -2.13. The predicted molar refractivity (Wildman–Crippen MR) is 81.6 cm³/mol. The minimum absolute atomic E-state index is 0.0686. The quantitative estimate of drug-likeness (QED) is 0.921. The summed E-state index contributed by atoms with van der Waals surface area (Å²) in [5.74, 6) is 3.70. The first-order valence-electron chi connectivity index (χ1n) is 8.01. The molecular formula is C17H21N3O2. The van der Waals surface area contributed by atoms with Gasteiger partial charge in [0.15, 0.2) is 0 Å². The second kappa shape index (κ2) is 5.00. The van der Waals surface area contributed by atoms with Crippen LogP contribution < -0.4 is 0 Å². The summed E-state index contributed by atoms with van der Waals surface area (Å²) in [6.45, 7) is 2.71. The summed E-state index contributed by atoms with van der Waals surface area (Å²) < 4.78 is 5.87. The second-order valence-electron chi connectivity index (χ2n) is 6.77. The van der Waals surface area contributed by atoms with E-state index in [-0.39, 0.29) is 5.91 Å². The first kappa shape index (κ1) is 13.6. The van der Waals surface area contributed by atoms with Crippen LogP contribution in [0.4, 0.5) is 0 Å². The fraction of sp³-hybridized carbons (Fsp3) is 0.529. The van der Waals surface area contributed by atoms with Gasteiger partial charge >= 0.3 is 0 Å². The van der Waals surface area contributed by atoms with Crippen LogP contribution in [0.2, 0.25) is 0 Å². The van der Waals surface area contributed by atoms with E-state index in [9.17, 15) is 4.79 Å². The van der Waals surface area contributed by atoms with Crippen molar-refractivity contribution in [2.45, 2.75) is 44.6 Å². The van der Waals surface area contributed by atoms with Gasteiger partial charge in [0, 0.05) is 24.6 Å². The smallest absolute Gasteiger partial charge is 0.274 e. The molecule has 0 saturated heterocycles. The van der Waals surface area contributed by atoms with Gasteiger partial charge in [0.25, 0.3) is 5.91 Å². The molecule has 2 aromatic rings. The van der Waals surface area contributed by atoms with Crippen LogP contribution in [0.3, 0.4) is 0 Å². The van der Waals surface area contributed by atoms with Gasteiger partial charge in [0.1, 0.15) is 17.2 Å². The van der Waals surface area contributed by atoms with E-state index in [1.165, 1.54) is 19.3 Å². The Morgan fingerprint density at radius 3 is 2.91 bits per heavy atom. The number of H-pyrrole nitrogens is 1. The van der Waals surface area contributed by atoms with E-state index in [4.69, 9.17) is 4.42 Å². The van der Waals surface area contributed by atoms with E-state index < -0.39 is 0 Å². The summed E-state index contributed by atoms with van der Waals surface area (Å²) >= 11 is 0. The molecule has 2 unspecified atom stereocenters. The summed E-state index contributed by atoms with van der Waals surface area (Å²) in [7, 11) is 1.79. The summed E-state index contributed by atoms with van der Waals surface area (Å²) in [5, 5.41) is 7.13. The molecule has 2 fully saturated rings. The van der Waals surface area contributed by atoms with Gasteiger partial charge in [-0.1, -0.05) is 6.92 Å². The molecule has 2 atom stereocenters. The minimum Gasteiger partial charge on any atom is -0.464 e. The van der Waals surface area contributed by atoms with Crippen molar-refractivity contribution in [2.75, 3.05) is 7.05 Å². The summed E-state index contributed by atoms with van der Waals surface area (Å²) in [4.78, 5) is 14.1. The third-order valence-corrected chi connectivity index (χ3v) is 4.73. The zero-order valence-corrected chi connectivity index (χ0v) is 13.0. The molecular weight excluding hydrogens is 278 g/mol. The van der Waals surface area contributed by atoms with Gasteiger partial charge in [0.05, 0.1) is 6.54 Å². The maximum absolute atomic E-state index is 12.4. The van der Waals surface area contributed by atoms with Crippen LogP contribution in [0.5, 0.6) is 0 Å². The molecule has 2 saturated carbocycles. The highest BCUT2D eigenvalue weighted by molar-refractivity contribution is 5.92. The molecule has 1 amide bonds. The Morgan fingerprint density at radius 1 is 1.45 bits per heavy atom. The zero-order chi connectivity index (χ0) is 15.3. The van der Waals surface area contributed by atoms with E-state index >= 15 is 0 Å². The monoisotopic (exact) mass is 299 g/mol. The van der Waals surface area contributed by atoms with E-state index in [1.807, 2.05) is 18.2 Å². The Bertz CT molecular complexity index is 698. The van der Waals surface area contributed by atoms with Gasteiger partial charge in [-0.2, -0.15) is 5.10 Å². The molecule has 5 nitrogen and oxygen atoms in total. The highest BCUT2D eigenvalue weighted by Gasteiger charge is 2.36. The normalized spacial score (nSPS) is 23.5. The SMILES string of the molecule is CC1CC1c1ccc(CN(C)C(=O)c2cc(C3CC3)[nH]n2)o1. The molecule has 0 bridgehead atoms. The number of hydrogen-bond acceptors (Lipinski definition) is 3. The lowest BCUT2D eigenvalue weighted by Crippen LogP contribution is -2.26. The molecule has 116 valence electrons. The van der Waals surface area contributed by atoms with Crippen molar-refractivity contribution in [2.24, 2.45) is 5.92 Å². The van der Waals surface area contributed by atoms with Crippen LogP contribution in [0.15, 0.2) is 22.6 Å². The topological polar surface area (TPSA) is 62.1 Å². The maximum atomic E-state index is 12.4. The van der Waals surface area contributed by atoms with Crippen molar-refractivity contribution in [3.05, 3.63) is 41.1 Å². The number of furan rings is 1. The van der Waals surface area contributed by atoms with E-state index in [0.717, 1.165) is 23.1 Å². The number of hydrogen-bond donors (Lipinski definition) is 1. The number of nitrogens with one attached hydrogen (secondary N) is 1. The van der Waals surface area contributed by atoms with E-state index in [2.05, 4.69) is 17.1 Å². The molecule has 22 heavy (non-hydrogen) atoms. The van der Waals surface area contributed by atoms with Crippen molar-refractivity contribution in [1.29, 1.82) is 0 Å². The third kappa shape index (κ3) is 2.56. The zero-order valence-electron chi connectivity index (χ0n) is 13.0. The Hall–Kier alpha value is -2.04. The third-order valence-electron chi connectivity index (χ3n) is 4.73. The van der Waals surface area contributed by atoms with Gasteiger partial charge in [-0.3, -0.25) is 9.89 Å². The molecule has 2 heterocycles. The van der Waals surface area contributed by atoms with E-state index in [1.54, 1.807) is 11.9 Å². The first-order chi connectivity index (χ1) is 10.6. The lowest BCUT2D eigenvalue weighted by molar-refractivity contribution is 0.0769. The predicted octanol–water partition coefficient (Wildman–Crippen LogP) is 3.28. The highest BCUT2D eigenvalue weighted by atomic mass is 16.3. The number of carbonyl (C=O) groups is 1. The number of amides is 1. The van der Waals surface area contributed by atoms with Crippen LogP contribution in [0, 0.1) is 5.92 Å². The fourth-order valence-electron chi connectivity index (χ4n) is 2.95. The van der Waals surface area contributed by atoms with Crippen LogP contribution in [-0.4, -0.2) is 28.1 Å². The lowest BCUT2D eigenvalue weighted by atomic mass is 10.2. The van der Waals surface area contributed by atoms with Crippen molar-refractivity contribution in [1.82, 2.24) is 15.1 Å². The molecule has 5 heteroatoms. The van der Waals surface area contributed by atoms with Gasteiger partial charge in [-0.05, 0) is 43.4 Å². The average Bonchev–Trinajstić information content (AvgIpc) is 3.38. The van der Waals surface area contributed by atoms with Gasteiger partial charge in [-0.25, -0.2) is 0 Å². The van der Waals surface area contributed by atoms with Crippen molar-refractivity contribution in [3.8, 4) is 0 Å². The standard InChI is InChI=1S/C17H21N3O2/c1-10-7-13(10)16-6-5-12(22-16)9-20(2)17(21)15-8-14(18-19-15)11-3-4-11/h5-6,8,10-11,13H,3-4,7,9H2,1-2H3,(H,18,19). The molecule has 2 aromatic heterocycles. The number of nitrogens with zero attached hydrogens (tertiary/aromatic N) is 2. The molecule has 0 radical (unpaired) electrons. The number of rotatable bonds is 5. The van der Waals surface area contributed by atoms with E-state index in [0.29, 0.717) is 24.1 Å². The Morgan fingerprint density at radius 2 is 2.23 bits per heavy atom. The van der Waals surface area contributed by atoms with Gasteiger partial charge in [0.2, 0.25) is 0 Å². The number of carbonyl (C=O) groups excluding carboxylic acids is 1. The molecule has 2 aliphatic rings. The Labute approximate surface area is 129 Å². The van der Waals surface area contributed by atoms with Crippen molar-refractivity contribution < 1.29 is 9.21 Å². The number of aromatic amines is 1. The largest absolute Gasteiger partial charge is 0.464 e. The molecule has 4 rings (SSSR count). The molecule has 0 spiro atoms. The van der Waals surface area contributed by atoms with Crippen LogP contribution in [0.1, 0.15) is 65.7 Å². The van der Waals surface area contributed by atoms with Crippen molar-refractivity contribution in [3.63, 3.8) is 0 Å².